The number of allylic oxidation sites excluding steroid dienone is 1. The van der Waals surface area contributed by atoms with E-state index in [1.165, 1.54) is 14.0 Å². The molecular formula is C27H37NO6. The number of methoxy groups -OCH3 is 1. The van der Waals surface area contributed by atoms with E-state index in [1.54, 1.807) is 18.2 Å². The third-order valence-electron chi connectivity index (χ3n) is 7.24. The minimum absolute atomic E-state index is 0.0116. The van der Waals surface area contributed by atoms with Crippen LogP contribution in [0, 0.1) is 23.7 Å². The van der Waals surface area contributed by atoms with Crippen molar-refractivity contribution in [3.05, 3.63) is 35.4 Å². The monoisotopic (exact) mass is 471 g/mol. The number of carbonyl (C=O) groups excluding carboxylic acids is 2. The third-order valence-corrected chi connectivity index (χ3v) is 7.24. The molecule has 1 aliphatic heterocycles. The molecule has 0 spiro atoms. The maximum absolute atomic E-state index is 13.0. The van der Waals surface area contributed by atoms with E-state index in [2.05, 4.69) is 18.0 Å². The number of esters is 1. The van der Waals surface area contributed by atoms with Crippen LogP contribution in [0.2, 0.25) is 0 Å². The molecule has 1 saturated carbocycles. The van der Waals surface area contributed by atoms with Crippen LogP contribution in [0.1, 0.15) is 51.5 Å². The molecule has 1 fully saturated rings. The van der Waals surface area contributed by atoms with E-state index in [-0.39, 0.29) is 42.3 Å². The SMILES string of the molecule is CC[C@@H]1C[C@H](CO)[C@H](C2=CCN=C2)[C@@H]([C@H](CC(=O)CCc2ccc(O)c(OC)c2)OC(C)=O)C1. The number of phenolic OH excluding ortho intramolecular Hbond substituents is 1. The number of benzene rings is 1. The Labute approximate surface area is 201 Å². The van der Waals surface area contributed by atoms with Gasteiger partial charge in [0.25, 0.3) is 0 Å². The predicted octanol–water partition coefficient (Wildman–Crippen LogP) is 3.90. The number of ether oxygens (including phenoxy) is 2. The molecule has 0 aromatic heterocycles. The van der Waals surface area contributed by atoms with Crippen LogP contribution in [0.5, 0.6) is 11.5 Å². The highest BCUT2D eigenvalue weighted by molar-refractivity contribution is 5.82. The number of ketones is 1. The van der Waals surface area contributed by atoms with Gasteiger partial charge in [0.1, 0.15) is 11.9 Å². The minimum atomic E-state index is -0.539. The van der Waals surface area contributed by atoms with Crippen molar-refractivity contribution in [2.45, 2.75) is 58.5 Å². The number of aliphatic hydroxyl groups is 1. The zero-order chi connectivity index (χ0) is 24.7. The number of aliphatic imine (C=N–C) groups is 1. The summed E-state index contributed by atoms with van der Waals surface area (Å²) in [5.41, 5.74) is 1.97. The van der Waals surface area contributed by atoms with Gasteiger partial charge in [0, 0.05) is 38.5 Å². The largest absolute Gasteiger partial charge is 0.504 e. The van der Waals surface area contributed by atoms with Gasteiger partial charge in [0.2, 0.25) is 0 Å². The van der Waals surface area contributed by atoms with Crippen LogP contribution in [0.25, 0.3) is 0 Å². The summed E-state index contributed by atoms with van der Waals surface area (Å²) >= 11 is 0. The molecule has 1 aromatic carbocycles. The average Bonchev–Trinajstić information content (AvgIpc) is 3.36. The summed E-state index contributed by atoms with van der Waals surface area (Å²) in [6, 6.07) is 5.06. The number of aliphatic hydroxyl groups excluding tert-OH is 1. The Morgan fingerprint density at radius 3 is 2.68 bits per heavy atom. The van der Waals surface area contributed by atoms with E-state index in [1.807, 2.05) is 6.21 Å². The fourth-order valence-electron chi connectivity index (χ4n) is 5.55. The van der Waals surface area contributed by atoms with Crippen molar-refractivity contribution in [3.8, 4) is 11.5 Å². The van der Waals surface area contributed by atoms with Crippen molar-refractivity contribution in [1.82, 2.24) is 0 Å². The lowest BCUT2D eigenvalue weighted by atomic mass is 9.62. The molecule has 2 N–H and O–H groups in total. The first kappa shape index (κ1) is 25.9. The highest BCUT2D eigenvalue weighted by atomic mass is 16.5. The maximum atomic E-state index is 13.0. The number of carbonyl (C=O) groups is 2. The summed E-state index contributed by atoms with van der Waals surface area (Å²) in [7, 11) is 1.49. The van der Waals surface area contributed by atoms with E-state index < -0.39 is 12.1 Å². The molecule has 5 atom stereocenters. The summed E-state index contributed by atoms with van der Waals surface area (Å²) in [5.74, 6) is 0.487. The van der Waals surface area contributed by atoms with Gasteiger partial charge in [-0.3, -0.25) is 14.6 Å². The van der Waals surface area contributed by atoms with Gasteiger partial charge in [-0.2, -0.15) is 0 Å². The molecule has 34 heavy (non-hydrogen) atoms. The highest BCUT2D eigenvalue weighted by Gasteiger charge is 2.44. The zero-order valence-corrected chi connectivity index (χ0v) is 20.4. The second-order valence-corrected chi connectivity index (χ2v) is 9.47. The third kappa shape index (κ3) is 6.47. The summed E-state index contributed by atoms with van der Waals surface area (Å²) in [6.45, 7) is 4.22. The van der Waals surface area contributed by atoms with Gasteiger partial charge in [0.05, 0.1) is 13.7 Å². The number of aromatic hydroxyl groups is 1. The molecule has 0 unspecified atom stereocenters. The number of hydrogen-bond donors (Lipinski definition) is 2. The molecule has 0 saturated heterocycles. The first-order valence-corrected chi connectivity index (χ1v) is 12.2. The molecule has 1 heterocycles. The second-order valence-electron chi connectivity index (χ2n) is 9.47. The van der Waals surface area contributed by atoms with Gasteiger partial charge < -0.3 is 19.7 Å². The molecule has 1 aliphatic carbocycles. The standard InChI is InChI=1S/C27H37NO6/c1-4-18-11-21(16-29)27(20-9-10-28-15-20)23(12-18)25(34-17(2)30)14-22(31)7-5-19-6-8-24(32)26(13-19)33-3/h6,8-9,13,15,18,21,23,25,27,29,32H,4-5,7,10-12,14,16H2,1-3H3/t18-,21-,23-,25+,27+/m1/s1. The Morgan fingerprint density at radius 1 is 1.26 bits per heavy atom. The molecular weight excluding hydrogens is 434 g/mol. The number of hydrogen-bond acceptors (Lipinski definition) is 7. The molecule has 0 amide bonds. The van der Waals surface area contributed by atoms with Crippen LogP contribution in [0.3, 0.4) is 0 Å². The van der Waals surface area contributed by atoms with Gasteiger partial charge in [-0.1, -0.05) is 25.5 Å². The molecule has 0 radical (unpaired) electrons. The lowest BCUT2D eigenvalue weighted by molar-refractivity contribution is -0.154. The van der Waals surface area contributed by atoms with E-state index in [0.29, 0.717) is 31.1 Å². The number of aryl methyl sites for hydroxylation is 1. The van der Waals surface area contributed by atoms with E-state index in [0.717, 1.165) is 30.4 Å². The molecule has 7 nitrogen and oxygen atoms in total. The minimum Gasteiger partial charge on any atom is -0.504 e. The summed E-state index contributed by atoms with van der Waals surface area (Å²) in [4.78, 5) is 29.4. The van der Waals surface area contributed by atoms with Gasteiger partial charge in [-0.15, -0.1) is 0 Å². The van der Waals surface area contributed by atoms with Crippen LogP contribution < -0.4 is 4.74 Å². The van der Waals surface area contributed by atoms with Gasteiger partial charge >= 0.3 is 5.97 Å². The Kier molecular flexibility index (Phi) is 9.28. The van der Waals surface area contributed by atoms with Crippen molar-refractivity contribution in [2.75, 3.05) is 20.3 Å². The van der Waals surface area contributed by atoms with Gasteiger partial charge in [-0.25, -0.2) is 0 Å². The fraction of sp³-hybridized carbons (Fsp3) is 0.593. The average molecular weight is 472 g/mol. The van der Waals surface area contributed by atoms with Crippen LogP contribution in [-0.2, 0) is 20.7 Å². The number of nitrogens with zero attached hydrogens (tertiary/aromatic N) is 1. The first-order chi connectivity index (χ1) is 16.4. The molecule has 3 rings (SSSR count). The van der Waals surface area contributed by atoms with E-state index >= 15 is 0 Å². The number of phenols is 1. The lowest BCUT2D eigenvalue weighted by Gasteiger charge is -2.44. The zero-order valence-electron chi connectivity index (χ0n) is 20.4. The van der Waals surface area contributed by atoms with Crippen LogP contribution >= 0.6 is 0 Å². The predicted molar refractivity (Wildman–Crippen MR) is 130 cm³/mol. The van der Waals surface area contributed by atoms with Crippen molar-refractivity contribution in [3.63, 3.8) is 0 Å². The number of Topliss-reactive ketones (excluding diaryl/α,β-unsaturated/α-hetero) is 1. The summed E-state index contributed by atoms with van der Waals surface area (Å²) in [6.07, 6.45) is 7.12. The van der Waals surface area contributed by atoms with Crippen molar-refractivity contribution >= 4 is 18.0 Å². The lowest BCUT2D eigenvalue weighted by Crippen LogP contribution is -2.43. The van der Waals surface area contributed by atoms with E-state index in [4.69, 9.17) is 9.47 Å². The maximum Gasteiger partial charge on any atom is 0.302 e. The van der Waals surface area contributed by atoms with E-state index in [9.17, 15) is 19.8 Å². The smallest absolute Gasteiger partial charge is 0.302 e. The van der Waals surface area contributed by atoms with Gasteiger partial charge in [-0.05, 0) is 60.3 Å². The molecule has 7 heteroatoms. The normalized spacial score (nSPS) is 25.0. The van der Waals surface area contributed by atoms with Crippen molar-refractivity contribution < 1.29 is 29.3 Å². The summed E-state index contributed by atoms with van der Waals surface area (Å²) < 4.78 is 10.9. The van der Waals surface area contributed by atoms with Crippen LogP contribution in [0.4, 0.5) is 0 Å². The Hall–Kier alpha value is -2.67. The topological polar surface area (TPSA) is 105 Å². The quantitative estimate of drug-likeness (QED) is 0.474. The van der Waals surface area contributed by atoms with Crippen molar-refractivity contribution in [2.24, 2.45) is 28.7 Å². The molecule has 186 valence electrons. The Balaban J connectivity index is 1.77. The molecule has 2 aliphatic rings. The van der Waals surface area contributed by atoms with Gasteiger partial charge in [0.15, 0.2) is 11.5 Å². The highest BCUT2D eigenvalue weighted by Crippen LogP contribution is 2.46. The second kappa shape index (κ2) is 12.2. The Morgan fingerprint density at radius 2 is 2.06 bits per heavy atom. The van der Waals surface area contributed by atoms with Crippen LogP contribution in [0.15, 0.2) is 34.8 Å². The number of rotatable bonds is 11. The molecule has 1 aromatic rings. The first-order valence-electron chi connectivity index (χ1n) is 12.2. The van der Waals surface area contributed by atoms with Crippen molar-refractivity contribution in [1.29, 1.82) is 0 Å². The Bertz CT molecular complexity index is 924. The fourth-order valence-corrected chi connectivity index (χ4v) is 5.55. The molecule has 0 bridgehead atoms. The summed E-state index contributed by atoms with van der Waals surface area (Å²) in [5, 5.41) is 20.0. The van der Waals surface area contributed by atoms with Crippen LogP contribution in [-0.4, -0.2) is 54.5 Å².